The fraction of sp³-hybridized carbons (Fsp3) is 0.913. The molecule has 0 unspecified atom stereocenters. The maximum Gasteiger partial charge on any atom is 0.240 e. The second kappa shape index (κ2) is 10.4. The largest absolute Gasteiger partial charge is 0.388 e. The summed E-state index contributed by atoms with van der Waals surface area (Å²) in [5.74, 6) is -0.393. The van der Waals surface area contributed by atoms with Crippen molar-refractivity contribution in [3.05, 3.63) is 0 Å². The van der Waals surface area contributed by atoms with Crippen molar-refractivity contribution in [1.29, 1.82) is 0 Å². The maximum absolute atomic E-state index is 13.7. The number of amides is 2. The summed E-state index contributed by atoms with van der Waals surface area (Å²) < 4.78 is 37.9. The van der Waals surface area contributed by atoms with Gasteiger partial charge in [-0.3, -0.25) is 14.5 Å². The van der Waals surface area contributed by atoms with E-state index in [2.05, 4.69) is 31.0 Å². The molecule has 4 saturated heterocycles. The fourth-order valence-corrected chi connectivity index (χ4v) is 6.53. The normalized spacial score (nSPS) is 37.8. The van der Waals surface area contributed by atoms with E-state index < -0.39 is 46.6 Å². The van der Waals surface area contributed by atoms with E-state index in [1.807, 2.05) is 0 Å². The second-order valence-electron chi connectivity index (χ2n) is 11.8. The van der Waals surface area contributed by atoms with Crippen molar-refractivity contribution in [2.24, 2.45) is 5.41 Å². The number of hydrogen-bond donors (Lipinski definition) is 3. The summed E-state index contributed by atoms with van der Waals surface area (Å²) in [6, 6.07) is -0.648. The molecular formula is C23H40N4O8S. The summed E-state index contributed by atoms with van der Waals surface area (Å²) in [5.41, 5.74) is -0.0628. The third-order valence-electron chi connectivity index (χ3n) is 7.29. The average Bonchev–Trinajstić information content (AvgIpc) is 3.25. The number of rotatable bonds is 2. The van der Waals surface area contributed by atoms with E-state index in [1.54, 1.807) is 4.90 Å². The van der Waals surface area contributed by atoms with E-state index in [-0.39, 0.29) is 55.9 Å². The molecule has 4 heterocycles. The molecule has 0 aliphatic carbocycles. The SMILES string of the molecule is CC(C)(C)CN1C[C@@H]2C[C@H]1C(=O)N1CCO[C@@H](C1)CN(S(C)(=O)=O)C[C@H]1O[C@@H](CC(=O)N2)[C@H](O)[C@@H]1O. The van der Waals surface area contributed by atoms with Crippen LogP contribution >= 0.6 is 0 Å². The lowest BCUT2D eigenvalue weighted by atomic mass is 9.95. The smallest absolute Gasteiger partial charge is 0.240 e. The summed E-state index contributed by atoms with van der Waals surface area (Å²) >= 11 is 0. The van der Waals surface area contributed by atoms with Gasteiger partial charge in [0.05, 0.1) is 37.5 Å². The lowest BCUT2D eigenvalue weighted by Crippen LogP contribution is -2.55. The zero-order valence-corrected chi connectivity index (χ0v) is 22.3. The number of nitrogens with one attached hydrogen (secondary N) is 1. The van der Waals surface area contributed by atoms with Gasteiger partial charge in [0.1, 0.15) is 18.3 Å². The molecule has 0 aromatic carbocycles. The highest BCUT2D eigenvalue weighted by molar-refractivity contribution is 7.88. The first-order chi connectivity index (χ1) is 16.7. The first kappa shape index (κ1) is 27.7. The molecule has 4 rings (SSSR count). The highest BCUT2D eigenvalue weighted by Crippen LogP contribution is 2.29. The molecule has 0 aromatic rings. The zero-order chi connectivity index (χ0) is 26.4. The van der Waals surface area contributed by atoms with E-state index in [1.165, 1.54) is 0 Å². The van der Waals surface area contributed by atoms with Crippen molar-refractivity contribution in [3.8, 4) is 0 Å². The second-order valence-corrected chi connectivity index (χ2v) is 13.7. The minimum absolute atomic E-state index is 0.0184. The van der Waals surface area contributed by atoms with Crippen molar-refractivity contribution in [2.45, 2.75) is 76.2 Å². The van der Waals surface area contributed by atoms with Gasteiger partial charge in [-0.1, -0.05) is 20.8 Å². The number of ether oxygens (including phenoxy) is 2. The van der Waals surface area contributed by atoms with Crippen LogP contribution in [0.15, 0.2) is 0 Å². The Kier molecular flexibility index (Phi) is 8.02. The third-order valence-corrected chi connectivity index (χ3v) is 8.53. The molecule has 13 heteroatoms. The molecule has 4 fully saturated rings. The number of likely N-dealkylation sites (tertiary alicyclic amines) is 1. The topological polar surface area (TPSA) is 149 Å². The first-order valence-electron chi connectivity index (χ1n) is 12.6. The lowest BCUT2D eigenvalue weighted by molar-refractivity contribution is -0.144. The molecule has 12 nitrogen and oxygen atoms in total. The van der Waals surface area contributed by atoms with Gasteiger partial charge in [-0.2, -0.15) is 4.31 Å². The molecule has 4 aliphatic rings. The zero-order valence-electron chi connectivity index (χ0n) is 21.5. The predicted octanol–water partition coefficient (Wildman–Crippen LogP) is -2.03. The minimum Gasteiger partial charge on any atom is -0.388 e. The number of morpholine rings is 1. The van der Waals surface area contributed by atoms with Gasteiger partial charge in [-0.05, 0) is 11.8 Å². The van der Waals surface area contributed by atoms with Gasteiger partial charge in [0.25, 0.3) is 0 Å². The number of sulfonamides is 1. The molecule has 4 aliphatic heterocycles. The molecule has 0 radical (unpaired) electrons. The molecule has 36 heavy (non-hydrogen) atoms. The van der Waals surface area contributed by atoms with Crippen LogP contribution in [0.4, 0.5) is 0 Å². The molecular weight excluding hydrogens is 492 g/mol. The summed E-state index contributed by atoms with van der Waals surface area (Å²) in [6.45, 7) is 8.19. The number of carbonyl (C=O) groups is 2. The van der Waals surface area contributed by atoms with Gasteiger partial charge in [0.2, 0.25) is 21.8 Å². The summed E-state index contributed by atoms with van der Waals surface area (Å²) in [6.07, 6.45) is -3.84. The Morgan fingerprint density at radius 3 is 2.42 bits per heavy atom. The van der Waals surface area contributed by atoms with Crippen LogP contribution in [0.5, 0.6) is 0 Å². The van der Waals surface area contributed by atoms with Gasteiger partial charge >= 0.3 is 0 Å². The van der Waals surface area contributed by atoms with Crippen LogP contribution in [0.1, 0.15) is 33.6 Å². The molecule has 206 valence electrons. The van der Waals surface area contributed by atoms with E-state index in [0.717, 1.165) is 10.6 Å². The van der Waals surface area contributed by atoms with Crippen LogP contribution in [-0.4, -0.2) is 139 Å². The van der Waals surface area contributed by atoms with E-state index in [9.17, 15) is 28.2 Å². The average molecular weight is 533 g/mol. The van der Waals surface area contributed by atoms with E-state index in [4.69, 9.17) is 9.47 Å². The van der Waals surface area contributed by atoms with Gasteiger partial charge in [0, 0.05) is 45.3 Å². The Balaban J connectivity index is 1.63. The Bertz CT molecular complexity index is 941. The van der Waals surface area contributed by atoms with Crippen LogP contribution < -0.4 is 5.32 Å². The lowest BCUT2D eigenvalue weighted by Gasteiger charge is -2.38. The fourth-order valence-electron chi connectivity index (χ4n) is 5.68. The quantitative estimate of drug-likeness (QED) is 0.366. The van der Waals surface area contributed by atoms with Crippen molar-refractivity contribution in [2.75, 3.05) is 52.1 Å². The third kappa shape index (κ3) is 6.37. The number of aliphatic hydroxyl groups is 2. The molecule has 7 atom stereocenters. The van der Waals surface area contributed by atoms with E-state index in [0.29, 0.717) is 26.1 Å². The number of fused-ring (bicyclic) bond motifs is 6. The van der Waals surface area contributed by atoms with Gasteiger partial charge in [-0.15, -0.1) is 0 Å². The Hall–Kier alpha value is -1.35. The number of nitrogens with zero attached hydrogens (tertiary/aromatic N) is 3. The molecule has 6 bridgehead atoms. The molecule has 0 aromatic heterocycles. The molecule has 0 spiro atoms. The van der Waals surface area contributed by atoms with Gasteiger partial charge < -0.3 is 29.9 Å². The van der Waals surface area contributed by atoms with Gasteiger partial charge in [0.15, 0.2) is 0 Å². The Labute approximate surface area is 212 Å². The van der Waals surface area contributed by atoms with E-state index >= 15 is 0 Å². The van der Waals surface area contributed by atoms with Crippen LogP contribution in [-0.2, 0) is 29.1 Å². The van der Waals surface area contributed by atoms with Crippen LogP contribution in [0, 0.1) is 5.41 Å². The molecule has 2 amide bonds. The number of hydrogen-bond acceptors (Lipinski definition) is 9. The predicted molar refractivity (Wildman–Crippen MR) is 129 cm³/mol. The van der Waals surface area contributed by atoms with Crippen molar-refractivity contribution in [3.63, 3.8) is 0 Å². The van der Waals surface area contributed by atoms with Crippen LogP contribution in [0.3, 0.4) is 0 Å². The Morgan fingerprint density at radius 2 is 1.75 bits per heavy atom. The molecule has 3 N–H and O–H groups in total. The number of aliphatic hydroxyl groups excluding tert-OH is 2. The summed E-state index contributed by atoms with van der Waals surface area (Å²) in [7, 11) is -3.72. The monoisotopic (exact) mass is 532 g/mol. The summed E-state index contributed by atoms with van der Waals surface area (Å²) in [4.78, 5) is 30.4. The van der Waals surface area contributed by atoms with Crippen LogP contribution in [0.25, 0.3) is 0 Å². The highest BCUT2D eigenvalue weighted by Gasteiger charge is 2.47. The van der Waals surface area contributed by atoms with Crippen molar-refractivity contribution >= 4 is 21.8 Å². The first-order valence-corrected chi connectivity index (χ1v) is 14.5. The maximum atomic E-state index is 13.7. The highest BCUT2D eigenvalue weighted by atomic mass is 32.2. The Morgan fingerprint density at radius 1 is 1.06 bits per heavy atom. The standard InChI is InChI=1S/C23H40N4O8S/c1-23(2,3)13-26-9-14-7-16(26)22(31)25-5-6-34-15(10-25)11-27(36(4,32)33)12-18-21(30)20(29)17(35-18)8-19(28)24-14/h14-18,20-21,29-30H,5-13H2,1-4H3,(H,24,28)/t14-,15-,16-,17-,18+,20-,21+/m0/s1. The number of carbonyl (C=O) groups excluding carboxylic acids is 2. The summed E-state index contributed by atoms with van der Waals surface area (Å²) in [5, 5.41) is 24.1. The van der Waals surface area contributed by atoms with Crippen molar-refractivity contribution in [1.82, 2.24) is 19.4 Å². The van der Waals surface area contributed by atoms with Gasteiger partial charge in [-0.25, -0.2) is 8.42 Å². The van der Waals surface area contributed by atoms with Crippen molar-refractivity contribution < 1.29 is 37.7 Å². The molecule has 0 saturated carbocycles. The van der Waals surface area contributed by atoms with Crippen LogP contribution in [0.2, 0.25) is 0 Å². The minimum atomic E-state index is -3.72.